The smallest absolute Gasteiger partial charge is 0.311 e. The molecule has 1 unspecified atom stereocenters. The van der Waals surface area contributed by atoms with Gasteiger partial charge in [0.1, 0.15) is 0 Å². The van der Waals surface area contributed by atoms with Crippen LogP contribution in [0, 0.1) is 5.41 Å². The van der Waals surface area contributed by atoms with Crippen molar-refractivity contribution in [3.8, 4) is 0 Å². The molecule has 1 aliphatic carbocycles. The van der Waals surface area contributed by atoms with Crippen LogP contribution in [0.2, 0.25) is 0 Å². The first-order valence-electron chi connectivity index (χ1n) is 4.19. The Morgan fingerprint density at radius 3 is 2.77 bits per heavy atom. The van der Waals surface area contributed by atoms with E-state index in [1.54, 1.807) is 0 Å². The first kappa shape index (κ1) is 8.72. The molecule has 0 bridgehead atoms. The molecule has 1 atom stereocenters. The maximum atomic E-state index is 10.9. The minimum Gasteiger partial charge on any atom is -0.481 e. The lowest BCUT2D eigenvalue weighted by molar-refractivity contribution is -0.144. The Morgan fingerprint density at radius 2 is 2.38 bits per heavy atom. The predicted molar refractivity (Wildman–Crippen MR) is 50.6 cm³/mol. The van der Waals surface area contributed by atoms with E-state index in [-0.39, 0.29) is 6.04 Å². The Kier molecular flexibility index (Phi) is 1.89. The molecule has 0 radical (unpaired) electrons. The summed E-state index contributed by atoms with van der Waals surface area (Å²) >= 11 is 1.53. The lowest BCUT2D eigenvalue weighted by Gasteiger charge is -2.17. The van der Waals surface area contributed by atoms with Crippen molar-refractivity contribution in [2.24, 2.45) is 11.1 Å². The number of thiophene rings is 1. The maximum absolute atomic E-state index is 10.9. The topological polar surface area (TPSA) is 63.3 Å². The van der Waals surface area contributed by atoms with E-state index in [1.807, 2.05) is 17.5 Å². The molecule has 1 fully saturated rings. The van der Waals surface area contributed by atoms with Crippen LogP contribution in [0.3, 0.4) is 0 Å². The van der Waals surface area contributed by atoms with Gasteiger partial charge in [-0.25, -0.2) is 0 Å². The van der Waals surface area contributed by atoms with E-state index in [9.17, 15) is 4.79 Å². The summed E-state index contributed by atoms with van der Waals surface area (Å²) in [6, 6.07) is 3.47. The van der Waals surface area contributed by atoms with Crippen LogP contribution in [0.15, 0.2) is 17.5 Å². The van der Waals surface area contributed by atoms with Gasteiger partial charge < -0.3 is 10.8 Å². The molecule has 4 heteroatoms. The lowest BCUT2D eigenvalue weighted by Crippen LogP contribution is -2.29. The summed E-state index contributed by atoms with van der Waals surface area (Å²) in [5, 5.41) is 10.9. The van der Waals surface area contributed by atoms with Crippen LogP contribution in [-0.4, -0.2) is 11.1 Å². The van der Waals surface area contributed by atoms with Gasteiger partial charge in [-0.1, -0.05) is 6.07 Å². The third kappa shape index (κ3) is 1.26. The second-order valence-corrected chi connectivity index (χ2v) is 4.43. The summed E-state index contributed by atoms with van der Waals surface area (Å²) in [7, 11) is 0. The molecule has 3 N–H and O–H groups in total. The largest absolute Gasteiger partial charge is 0.481 e. The minimum absolute atomic E-state index is 0.329. The third-order valence-electron chi connectivity index (χ3n) is 2.66. The predicted octanol–water partition coefficient (Wildman–Crippen LogP) is 1.61. The SMILES string of the molecule is NC(c1cccs1)C1(C(=O)O)CC1. The summed E-state index contributed by atoms with van der Waals surface area (Å²) in [5.41, 5.74) is 5.25. The van der Waals surface area contributed by atoms with Gasteiger partial charge in [-0.15, -0.1) is 11.3 Å². The molecule has 1 aromatic rings. The van der Waals surface area contributed by atoms with E-state index in [1.165, 1.54) is 11.3 Å². The molecule has 70 valence electrons. The van der Waals surface area contributed by atoms with Crippen LogP contribution in [0.25, 0.3) is 0 Å². The number of carbonyl (C=O) groups is 1. The number of nitrogens with two attached hydrogens (primary N) is 1. The molecule has 0 aromatic carbocycles. The summed E-state index contributed by atoms with van der Waals surface area (Å²) in [4.78, 5) is 11.9. The number of hydrogen-bond acceptors (Lipinski definition) is 3. The van der Waals surface area contributed by atoms with Gasteiger partial charge in [0.05, 0.1) is 11.5 Å². The van der Waals surface area contributed by atoms with Gasteiger partial charge >= 0.3 is 5.97 Å². The van der Waals surface area contributed by atoms with E-state index >= 15 is 0 Å². The molecule has 0 aliphatic heterocycles. The molecule has 1 aliphatic rings. The second kappa shape index (κ2) is 2.82. The Bertz CT molecular complexity index is 316. The average molecular weight is 197 g/mol. The van der Waals surface area contributed by atoms with Crippen LogP contribution < -0.4 is 5.73 Å². The van der Waals surface area contributed by atoms with Crippen LogP contribution in [0.5, 0.6) is 0 Å². The normalized spacial score (nSPS) is 21.0. The third-order valence-corrected chi connectivity index (χ3v) is 3.62. The zero-order chi connectivity index (χ0) is 9.47. The summed E-state index contributed by atoms with van der Waals surface area (Å²) in [6.07, 6.45) is 1.42. The first-order chi connectivity index (χ1) is 6.17. The number of aliphatic carboxylic acids is 1. The zero-order valence-corrected chi connectivity index (χ0v) is 7.88. The van der Waals surface area contributed by atoms with Crippen molar-refractivity contribution in [2.75, 3.05) is 0 Å². The van der Waals surface area contributed by atoms with Crippen molar-refractivity contribution in [3.63, 3.8) is 0 Å². The monoisotopic (exact) mass is 197 g/mol. The Morgan fingerprint density at radius 1 is 1.69 bits per heavy atom. The molecule has 2 rings (SSSR count). The molecule has 13 heavy (non-hydrogen) atoms. The highest BCUT2D eigenvalue weighted by Crippen LogP contribution is 2.54. The van der Waals surface area contributed by atoms with Crippen LogP contribution in [-0.2, 0) is 4.79 Å². The molecule has 1 heterocycles. The number of hydrogen-bond donors (Lipinski definition) is 2. The first-order valence-corrected chi connectivity index (χ1v) is 5.07. The van der Waals surface area contributed by atoms with E-state index in [2.05, 4.69) is 0 Å². The Labute approximate surface area is 80.2 Å². The van der Waals surface area contributed by atoms with Crippen molar-refractivity contribution >= 4 is 17.3 Å². The van der Waals surface area contributed by atoms with Gasteiger partial charge in [0.15, 0.2) is 0 Å². The fourth-order valence-electron chi connectivity index (χ4n) is 1.53. The van der Waals surface area contributed by atoms with Crippen molar-refractivity contribution in [1.82, 2.24) is 0 Å². The van der Waals surface area contributed by atoms with Gasteiger partial charge in [-0.3, -0.25) is 4.79 Å². The van der Waals surface area contributed by atoms with Crippen LogP contribution >= 0.6 is 11.3 Å². The van der Waals surface area contributed by atoms with Crippen molar-refractivity contribution < 1.29 is 9.90 Å². The molecule has 0 amide bonds. The van der Waals surface area contributed by atoms with Gasteiger partial charge in [0.2, 0.25) is 0 Å². The Balaban J connectivity index is 2.23. The van der Waals surface area contributed by atoms with Crippen molar-refractivity contribution in [2.45, 2.75) is 18.9 Å². The molecule has 0 saturated heterocycles. The Hall–Kier alpha value is -0.870. The van der Waals surface area contributed by atoms with E-state index in [0.717, 1.165) is 4.88 Å². The quantitative estimate of drug-likeness (QED) is 0.773. The summed E-state index contributed by atoms with van der Waals surface area (Å²) in [6.45, 7) is 0. The molecule has 3 nitrogen and oxygen atoms in total. The second-order valence-electron chi connectivity index (χ2n) is 3.45. The number of rotatable bonds is 3. The van der Waals surface area contributed by atoms with E-state index < -0.39 is 11.4 Å². The van der Waals surface area contributed by atoms with E-state index in [0.29, 0.717) is 12.8 Å². The van der Waals surface area contributed by atoms with Gasteiger partial charge in [-0.2, -0.15) is 0 Å². The lowest BCUT2D eigenvalue weighted by atomic mass is 9.96. The number of carboxylic acid groups (broad SMARTS) is 1. The molecule has 1 saturated carbocycles. The van der Waals surface area contributed by atoms with Crippen molar-refractivity contribution in [1.29, 1.82) is 0 Å². The standard InChI is InChI=1S/C9H11NO2S/c10-7(6-2-1-5-13-6)9(3-4-9)8(11)12/h1-2,5,7H,3-4,10H2,(H,11,12). The van der Waals surface area contributed by atoms with Crippen LogP contribution in [0.1, 0.15) is 23.8 Å². The zero-order valence-electron chi connectivity index (χ0n) is 7.06. The highest BCUT2D eigenvalue weighted by molar-refractivity contribution is 7.10. The fraction of sp³-hybridized carbons (Fsp3) is 0.444. The highest BCUT2D eigenvalue weighted by atomic mass is 32.1. The molecule has 0 spiro atoms. The molecule has 1 aromatic heterocycles. The highest BCUT2D eigenvalue weighted by Gasteiger charge is 2.55. The summed E-state index contributed by atoms with van der Waals surface area (Å²) < 4.78 is 0. The van der Waals surface area contributed by atoms with Gasteiger partial charge in [0.25, 0.3) is 0 Å². The fourth-order valence-corrected chi connectivity index (χ4v) is 2.38. The van der Waals surface area contributed by atoms with Gasteiger partial charge in [-0.05, 0) is 24.3 Å². The van der Waals surface area contributed by atoms with E-state index in [4.69, 9.17) is 10.8 Å². The number of carboxylic acids is 1. The average Bonchev–Trinajstić information content (AvgIpc) is 2.74. The molecular formula is C9H11NO2S. The van der Waals surface area contributed by atoms with Gasteiger partial charge in [0, 0.05) is 4.88 Å². The molecular weight excluding hydrogens is 186 g/mol. The summed E-state index contributed by atoms with van der Waals surface area (Å²) in [5.74, 6) is -0.756. The van der Waals surface area contributed by atoms with Crippen LogP contribution in [0.4, 0.5) is 0 Å². The van der Waals surface area contributed by atoms with Crippen molar-refractivity contribution in [3.05, 3.63) is 22.4 Å². The minimum atomic E-state index is -0.756. The maximum Gasteiger partial charge on any atom is 0.311 e.